The van der Waals surface area contributed by atoms with Crippen molar-refractivity contribution >= 4 is 34.0 Å². The Bertz CT molecular complexity index is 599. The minimum Gasteiger partial charge on any atom is -0.325 e. The van der Waals surface area contributed by atoms with Crippen LogP contribution in [0.5, 0.6) is 0 Å². The Kier molecular flexibility index (Phi) is 5.32. The fourth-order valence-electron chi connectivity index (χ4n) is 1.69. The fraction of sp³-hybridized carbons (Fsp3) is 0.133. The van der Waals surface area contributed by atoms with Gasteiger partial charge in [-0.1, -0.05) is 41.9 Å². The molecule has 0 heterocycles. The lowest BCUT2D eigenvalue weighted by molar-refractivity contribution is -0.113. The highest BCUT2D eigenvalue weighted by Gasteiger charge is 2.09. The Hall–Kier alpha value is -1.65. The van der Waals surface area contributed by atoms with E-state index in [0.29, 0.717) is 16.5 Å². The van der Waals surface area contributed by atoms with Crippen LogP contribution in [0.2, 0.25) is 5.02 Å². The Morgan fingerprint density at radius 3 is 2.35 bits per heavy atom. The molecule has 1 unspecified atom stereocenters. The predicted molar refractivity (Wildman–Crippen MR) is 83.2 cm³/mol. The number of rotatable bonds is 5. The Morgan fingerprint density at radius 1 is 1.05 bits per heavy atom. The summed E-state index contributed by atoms with van der Waals surface area (Å²) in [6.45, 7) is 0. The summed E-state index contributed by atoms with van der Waals surface area (Å²) in [6.07, 6.45) is 0. The zero-order chi connectivity index (χ0) is 14.4. The predicted octanol–water partition coefficient (Wildman–Crippen LogP) is 3.23. The van der Waals surface area contributed by atoms with Crippen molar-refractivity contribution in [2.75, 3.05) is 11.1 Å². The van der Waals surface area contributed by atoms with Gasteiger partial charge >= 0.3 is 0 Å². The minimum atomic E-state index is -1.22. The number of hydrogen-bond acceptors (Lipinski definition) is 2. The van der Waals surface area contributed by atoms with Gasteiger partial charge in [0.25, 0.3) is 0 Å². The lowest BCUT2D eigenvalue weighted by atomic mass is 10.2. The summed E-state index contributed by atoms with van der Waals surface area (Å²) in [4.78, 5) is 11.8. The molecule has 1 N–H and O–H groups in total. The molecular formula is C15H14ClNO2S. The first-order valence-electron chi connectivity index (χ1n) is 6.08. The molecular weight excluding hydrogens is 294 g/mol. The lowest BCUT2D eigenvalue weighted by Gasteiger charge is -2.05. The van der Waals surface area contributed by atoms with Crippen molar-refractivity contribution in [1.82, 2.24) is 0 Å². The molecule has 0 aromatic heterocycles. The van der Waals surface area contributed by atoms with Gasteiger partial charge in [-0.15, -0.1) is 0 Å². The van der Waals surface area contributed by atoms with Crippen LogP contribution in [0.1, 0.15) is 5.56 Å². The molecule has 3 nitrogen and oxygen atoms in total. The van der Waals surface area contributed by atoms with Gasteiger partial charge in [-0.3, -0.25) is 9.00 Å². The highest BCUT2D eigenvalue weighted by molar-refractivity contribution is 7.84. The van der Waals surface area contributed by atoms with Crippen LogP contribution in [0.25, 0.3) is 0 Å². The molecule has 0 radical (unpaired) electrons. The van der Waals surface area contributed by atoms with Crippen LogP contribution in [-0.4, -0.2) is 15.9 Å². The first kappa shape index (κ1) is 14.8. The van der Waals surface area contributed by atoms with E-state index >= 15 is 0 Å². The second-order valence-electron chi connectivity index (χ2n) is 4.27. The van der Waals surface area contributed by atoms with Gasteiger partial charge in [-0.2, -0.15) is 0 Å². The normalized spacial score (nSPS) is 11.8. The fourth-order valence-corrected chi connectivity index (χ4v) is 2.84. The molecule has 2 aromatic carbocycles. The molecule has 1 atom stereocenters. The quantitative estimate of drug-likeness (QED) is 0.922. The molecule has 5 heteroatoms. The third-order valence-corrected chi connectivity index (χ3v) is 4.08. The van der Waals surface area contributed by atoms with E-state index in [1.54, 1.807) is 24.3 Å². The summed E-state index contributed by atoms with van der Waals surface area (Å²) >= 11 is 5.76. The highest BCUT2D eigenvalue weighted by atomic mass is 35.5. The first-order chi connectivity index (χ1) is 9.63. The second-order valence-corrected chi connectivity index (χ2v) is 6.16. The molecule has 0 aliphatic heterocycles. The van der Waals surface area contributed by atoms with Crippen LogP contribution in [0.3, 0.4) is 0 Å². The van der Waals surface area contributed by atoms with Crippen molar-refractivity contribution in [3.8, 4) is 0 Å². The van der Waals surface area contributed by atoms with Gasteiger partial charge < -0.3 is 5.32 Å². The summed E-state index contributed by atoms with van der Waals surface area (Å²) in [5.41, 5.74) is 1.61. The van der Waals surface area contributed by atoms with E-state index in [9.17, 15) is 9.00 Å². The molecule has 0 bridgehead atoms. The number of carbonyl (C=O) groups excluding carboxylic acids is 1. The van der Waals surface area contributed by atoms with Crippen molar-refractivity contribution in [3.05, 3.63) is 65.2 Å². The van der Waals surface area contributed by atoms with Gasteiger partial charge in [0.05, 0.1) is 0 Å². The van der Waals surface area contributed by atoms with Crippen LogP contribution in [0.4, 0.5) is 5.69 Å². The summed E-state index contributed by atoms with van der Waals surface area (Å²) in [5, 5.41) is 3.30. The van der Waals surface area contributed by atoms with Gasteiger partial charge in [-0.05, 0) is 29.8 Å². The second kappa shape index (κ2) is 7.22. The topological polar surface area (TPSA) is 46.2 Å². The number of anilines is 1. The average Bonchev–Trinajstić information content (AvgIpc) is 2.42. The third kappa shape index (κ3) is 4.79. The molecule has 2 aromatic rings. The Labute approximate surface area is 125 Å². The van der Waals surface area contributed by atoms with E-state index < -0.39 is 10.8 Å². The molecule has 0 aliphatic rings. The standard InChI is InChI=1S/C15H14ClNO2S/c16-13-6-8-14(9-7-13)17-15(18)11-20(19)10-12-4-2-1-3-5-12/h1-9H,10-11H2,(H,17,18). The molecule has 2 rings (SSSR count). The van der Waals surface area contributed by atoms with Gasteiger partial charge in [0.2, 0.25) is 5.91 Å². The van der Waals surface area contributed by atoms with E-state index in [0.717, 1.165) is 5.56 Å². The number of benzene rings is 2. The van der Waals surface area contributed by atoms with Gasteiger partial charge in [0, 0.05) is 27.3 Å². The summed E-state index contributed by atoms with van der Waals surface area (Å²) in [7, 11) is -1.22. The molecule has 0 spiro atoms. The number of hydrogen-bond donors (Lipinski definition) is 1. The number of amides is 1. The van der Waals surface area contributed by atoms with Gasteiger partial charge in [-0.25, -0.2) is 0 Å². The molecule has 0 aliphatic carbocycles. The van der Waals surface area contributed by atoms with E-state index in [1.165, 1.54) is 0 Å². The largest absolute Gasteiger partial charge is 0.325 e. The monoisotopic (exact) mass is 307 g/mol. The third-order valence-electron chi connectivity index (χ3n) is 2.59. The smallest absolute Gasteiger partial charge is 0.237 e. The number of halogens is 1. The van der Waals surface area contributed by atoms with Gasteiger partial charge in [0.15, 0.2) is 0 Å². The lowest BCUT2D eigenvalue weighted by Crippen LogP contribution is -2.20. The zero-order valence-corrected chi connectivity index (χ0v) is 12.3. The maximum Gasteiger partial charge on any atom is 0.237 e. The van der Waals surface area contributed by atoms with E-state index in [2.05, 4.69) is 5.32 Å². The highest BCUT2D eigenvalue weighted by Crippen LogP contribution is 2.13. The first-order valence-corrected chi connectivity index (χ1v) is 7.94. The zero-order valence-electron chi connectivity index (χ0n) is 10.7. The Morgan fingerprint density at radius 2 is 1.70 bits per heavy atom. The average molecular weight is 308 g/mol. The van der Waals surface area contributed by atoms with Gasteiger partial charge in [0.1, 0.15) is 5.75 Å². The van der Waals surface area contributed by atoms with E-state index in [1.807, 2.05) is 30.3 Å². The molecule has 1 amide bonds. The molecule has 104 valence electrons. The van der Waals surface area contributed by atoms with E-state index in [4.69, 9.17) is 11.6 Å². The van der Waals surface area contributed by atoms with Crippen LogP contribution < -0.4 is 5.32 Å². The molecule has 0 saturated carbocycles. The van der Waals surface area contributed by atoms with Crippen LogP contribution in [-0.2, 0) is 21.3 Å². The molecule has 20 heavy (non-hydrogen) atoms. The summed E-state index contributed by atoms with van der Waals surface area (Å²) in [6, 6.07) is 16.3. The maximum absolute atomic E-state index is 11.9. The minimum absolute atomic E-state index is 0.0163. The van der Waals surface area contributed by atoms with Crippen LogP contribution >= 0.6 is 11.6 Å². The van der Waals surface area contributed by atoms with Crippen LogP contribution in [0, 0.1) is 0 Å². The Balaban J connectivity index is 1.85. The van der Waals surface area contributed by atoms with Crippen molar-refractivity contribution in [1.29, 1.82) is 0 Å². The maximum atomic E-state index is 11.9. The summed E-state index contributed by atoms with van der Waals surface area (Å²) in [5.74, 6) is 0.105. The van der Waals surface area contributed by atoms with Crippen molar-refractivity contribution < 1.29 is 9.00 Å². The van der Waals surface area contributed by atoms with E-state index in [-0.39, 0.29) is 11.7 Å². The summed E-state index contributed by atoms with van der Waals surface area (Å²) < 4.78 is 11.9. The van der Waals surface area contributed by atoms with Crippen molar-refractivity contribution in [2.24, 2.45) is 0 Å². The molecule has 0 saturated heterocycles. The van der Waals surface area contributed by atoms with Crippen molar-refractivity contribution in [2.45, 2.75) is 5.75 Å². The number of nitrogens with one attached hydrogen (secondary N) is 1. The molecule has 0 fully saturated rings. The number of carbonyl (C=O) groups is 1. The van der Waals surface area contributed by atoms with Crippen LogP contribution in [0.15, 0.2) is 54.6 Å². The van der Waals surface area contributed by atoms with Crippen molar-refractivity contribution in [3.63, 3.8) is 0 Å². The SMILES string of the molecule is O=C(CS(=O)Cc1ccccc1)Nc1ccc(Cl)cc1.